The van der Waals surface area contributed by atoms with Crippen LogP contribution < -0.4 is 9.47 Å². The summed E-state index contributed by atoms with van der Waals surface area (Å²) in [4.78, 5) is 10.2. The predicted molar refractivity (Wildman–Crippen MR) is 130 cm³/mol. The highest BCUT2D eigenvalue weighted by molar-refractivity contribution is 7.57. The molecule has 4 nitrogen and oxygen atoms in total. The van der Waals surface area contributed by atoms with Crippen molar-refractivity contribution in [2.24, 2.45) is 11.8 Å². The third kappa shape index (κ3) is 6.00. The summed E-state index contributed by atoms with van der Waals surface area (Å²) in [6.07, 6.45) is 6.15. The molecule has 2 saturated carbocycles. The number of hydrogen-bond acceptors (Lipinski definition) is 3. The van der Waals surface area contributed by atoms with Crippen LogP contribution in [0.2, 0.25) is 0 Å². The second-order valence-electron chi connectivity index (χ2n) is 10.0. The Morgan fingerprint density at radius 3 is 2.42 bits per heavy atom. The molecule has 180 valence electrons. The van der Waals surface area contributed by atoms with E-state index in [1.807, 2.05) is 25.1 Å². The molecule has 6 heteroatoms. The molecule has 0 radical (unpaired) electrons. The molecule has 2 fully saturated rings. The normalized spacial score (nSPS) is 24.5. The predicted octanol–water partition coefficient (Wildman–Crippen LogP) is 6.97. The van der Waals surface area contributed by atoms with Gasteiger partial charge < -0.3 is 14.4 Å². The molecule has 1 N–H and O–H groups in total. The van der Waals surface area contributed by atoms with Gasteiger partial charge in [0.15, 0.2) is 0 Å². The monoisotopic (exact) mass is 474 g/mol. The fourth-order valence-electron chi connectivity index (χ4n) is 5.33. The smallest absolute Gasteiger partial charge is 0.200 e. The Morgan fingerprint density at radius 2 is 1.79 bits per heavy atom. The lowest BCUT2D eigenvalue weighted by atomic mass is 9.79. The summed E-state index contributed by atoms with van der Waals surface area (Å²) in [6.45, 7) is 4.02. The van der Waals surface area contributed by atoms with Crippen LogP contribution in [0.15, 0.2) is 42.5 Å². The van der Waals surface area contributed by atoms with Gasteiger partial charge >= 0.3 is 0 Å². The van der Waals surface area contributed by atoms with E-state index in [2.05, 4.69) is 12.1 Å². The van der Waals surface area contributed by atoms with Crippen molar-refractivity contribution in [1.82, 2.24) is 0 Å². The SMILES string of the molecule is COc1ccc(F)c(C2CCC(COc3cccc([C@H](C4CC4)[C@H](C)P(C)(=O)O)c3)CC2)c1. The van der Waals surface area contributed by atoms with Gasteiger partial charge in [-0.1, -0.05) is 19.1 Å². The molecule has 0 bridgehead atoms. The van der Waals surface area contributed by atoms with Gasteiger partial charge in [-0.25, -0.2) is 4.39 Å². The number of rotatable bonds is 9. The second kappa shape index (κ2) is 10.2. The number of methoxy groups -OCH3 is 1. The fourth-order valence-corrected chi connectivity index (χ4v) is 6.34. The van der Waals surface area contributed by atoms with Crippen molar-refractivity contribution in [2.45, 2.75) is 62.9 Å². The fraction of sp³-hybridized carbons (Fsp3) is 0.556. The number of hydrogen-bond donors (Lipinski definition) is 1. The Hall–Kier alpha value is -1.84. The molecule has 0 saturated heterocycles. The zero-order chi connectivity index (χ0) is 23.6. The lowest BCUT2D eigenvalue weighted by Gasteiger charge is -2.29. The van der Waals surface area contributed by atoms with E-state index in [0.717, 1.165) is 55.4 Å². The molecule has 2 aliphatic rings. The van der Waals surface area contributed by atoms with E-state index in [0.29, 0.717) is 24.2 Å². The van der Waals surface area contributed by atoms with Crippen LogP contribution in [0.5, 0.6) is 11.5 Å². The number of ether oxygens (including phenoxy) is 2. The Morgan fingerprint density at radius 1 is 1.06 bits per heavy atom. The Labute approximate surface area is 197 Å². The third-order valence-corrected chi connectivity index (χ3v) is 9.46. The van der Waals surface area contributed by atoms with E-state index in [1.54, 1.807) is 13.2 Å². The van der Waals surface area contributed by atoms with Crippen LogP contribution in [0.1, 0.15) is 68.4 Å². The number of benzene rings is 2. The first-order valence-corrected chi connectivity index (χ1v) is 14.3. The van der Waals surface area contributed by atoms with Gasteiger partial charge in [-0.3, -0.25) is 4.57 Å². The summed E-state index contributed by atoms with van der Waals surface area (Å²) in [7, 11) is -1.55. The number of halogens is 1. The molecule has 3 atom stereocenters. The first kappa shape index (κ1) is 24.3. The van der Waals surface area contributed by atoms with Crippen molar-refractivity contribution in [3.8, 4) is 11.5 Å². The van der Waals surface area contributed by atoms with Gasteiger partial charge in [0.05, 0.1) is 13.7 Å². The van der Waals surface area contributed by atoms with Crippen LogP contribution in [0.25, 0.3) is 0 Å². The zero-order valence-electron chi connectivity index (χ0n) is 19.9. The minimum Gasteiger partial charge on any atom is -0.497 e. The highest BCUT2D eigenvalue weighted by atomic mass is 31.2. The first-order chi connectivity index (χ1) is 15.8. The average Bonchev–Trinajstić information content (AvgIpc) is 3.63. The molecule has 2 aliphatic carbocycles. The molecule has 0 amide bonds. The van der Waals surface area contributed by atoms with Gasteiger partial charge in [0.2, 0.25) is 7.37 Å². The first-order valence-electron chi connectivity index (χ1n) is 12.1. The zero-order valence-corrected chi connectivity index (χ0v) is 20.8. The topological polar surface area (TPSA) is 55.8 Å². The van der Waals surface area contributed by atoms with Crippen molar-refractivity contribution in [1.29, 1.82) is 0 Å². The quantitative estimate of drug-likeness (QED) is 0.399. The van der Waals surface area contributed by atoms with Gasteiger partial charge in [0.1, 0.15) is 17.3 Å². The summed E-state index contributed by atoms with van der Waals surface area (Å²) in [5.41, 5.74) is 1.61. The maximum absolute atomic E-state index is 14.3. The van der Waals surface area contributed by atoms with Crippen LogP contribution >= 0.6 is 7.37 Å². The Bertz CT molecular complexity index is 991. The minimum atomic E-state index is -3.16. The van der Waals surface area contributed by atoms with Crippen molar-refractivity contribution in [2.75, 3.05) is 20.4 Å². The minimum absolute atomic E-state index is 0.0996. The molecule has 4 rings (SSSR count). The molecule has 1 unspecified atom stereocenters. The maximum Gasteiger partial charge on any atom is 0.200 e. The molecule has 2 aromatic carbocycles. The van der Waals surface area contributed by atoms with Crippen molar-refractivity contribution in [3.63, 3.8) is 0 Å². The van der Waals surface area contributed by atoms with Crippen LogP contribution in [0, 0.1) is 17.7 Å². The van der Waals surface area contributed by atoms with E-state index in [-0.39, 0.29) is 23.3 Å². The largest absolute Gasteiger partial charge is 0.497 e. The van der Waals surface area contributed by atoms with E-state index >= 15 is 0 Å². The third-order valence-electron chi connectivity index (χ3n) is 7.62. The molecule has 0 aliphatic heterocycles. The van der Waals surface area contributed by atoms with Crippen molar-refractivity contribution >= 4 is 7.37 Å². The average molecular weight is 475 g/mol. The van der Waals surface area contributed by atoms with Crippen molar-refractivity contribution in [3.05, 3.63) is 59.4 Å². The van der Waals surface area contributed by atoms with Gasteiger partial charge in [0, 0.05) is 12.3 Å². The summed E-state index contributed by atoms with van der Waals surface area (Å²) in [5.74, 6) is 2.65. The molecule has 0 heterocycles. The van der Waals surface area contributed by atoms with Gasteiger partial charge in [-0.15, -0.1) is 0 Å². The van der Waals surface area contributed by atoms with E-state index < -0.39 is 7.37 Å². The highest BCUT2D eigenvalue weighted by Gasteiger charge is 2.41. The van der Waals surface area contributed by atoms with Gasteiger partial charge in [0.25, 0.3) is 0 Å². The molecule has 2 aromatic rings. The maximum atomic E-state index is 14.3. The lowest BCUT2D eigenvalue weighted by molar-refractivity contribution is 0.199. The summed E-state index contributed by atoms with van der Waals surface area (Å²) in [5, 5.41) is 0. The van der Waals surface area contributed by atoms with E-state index in [4.69, 9.17) is 9.47 Å². The molecule has 0 spiro atoms. The Balaban J connectivity index is 1.35. The summed E-state index contributed by atoms with van der Waals surface area (Å²) < 4.78 is 38.1. The summed E-state index contributed by atoms with van der Waals surface area (Å²) >= 11 is 0. The van der Waals surface area contributed by atoms with Crippen molar-refractivity contribution < 1.29 is 23.3 Å². The second-order valence-corrected chi connectivity index (χ2v) is 12.7. The van der Waals surface area contributed by atoms with Crippen LogP contribution in [0.3, 0.4) is 0 Å². The lowest BCUT2D eigenvalue weighted by Crippen LogP contribution is -2.20. The molecular formula is C27H36FO4P. The van der Waals surface area contributed by atoms with Crippen LogP contribution in [-0.2, 0) is 4.57 Å². The van der Waals surface area contributed by atoms with Crippen LogP contribution in [-0.4, -0.2) is 30.9 Å². The van der Waals surface area contributed by atoms with E-state index in [9.17, 15) is 13.8 Å². The molecule has 0 aromatic heterocycles. The molecule has 33 heavy (non-hydrogen) atoms. The van der Waals surface area contributed by atoms with Crippen LogP contribution in [0.4, 0.5) is 4.39 Å². The Kier molecular flexibility index (Phi) is 7.50. The van der Waals surface area contributed by atoms with Gasteiger partial charge in [-0.05, 0) is 104 Å². The van der Waals surface area contributed by atoms with Gasteiger partial charge in [-0.2, -0.15) is 0 Å². The molecular weight excluding hydrogens is 438 g/mol. The standard InChI is InChI=1S/C27H36FO4P/c1-18(33(3,29)30)27(21-11-12-21)22-5-4-6-24(15-22)32-17-19-7-9-20(10-8-19)25-16-23(31-2)13-14-26(25)28/h4-6,13-16,18-21,27H,7-12,17H2,1-3H3,(H,29,30)/t18-,19?,20?,27-/m0/s1. The summed E-state index contributed by atoms with van der Waals surface area (Å²) in [6, 6.07) is 13.1. The highest BCUT2D eigenvalue weighted by Crippen LogP contribution is 2.56. The van der Waals surface area contributed by atoms with E-state index in [1.165, 1.54) is 12.7 Å².